The van der Waals surface area contributed by atoms with E-state index in [1.807, 2.05) is 18.2 Å². The molecule has 1 aliphatic carbocycles. The summed E-state index contributed by atoms with van der Waals surface area (Å²) in [5.74, 6) is -0.552. The Morgan fingerprint density at radius 1 is 1.14 bits per heavy atom. The lowest BCUT2D eigenvalue weighted by Crippen LogP contribution is -2.59. The molecule has 4 rings (SSSR count). The summed E-state index contributed by atoms with van der Waals surface area (Å²) in [5, 5.41) is 17.5. The maximum atomic E-state index is 13.1. The van der Waals surface area contributed by atoms with Crippen LogP contribution >= 0.6 is 11.3 Å². The van der Waals surface area contributed by atoms with Gasteiger partial charge in [-0.2, -0.15) is 5.26 Å². The van der Waals surface area contributed by atoms with Gasteiger partial charge in [0.25, 0.3) is 5.91 Å². The number of methoxy groups -OCH3 is 1. The van der Waals surface area contributed by atoms with Crippen LogP contribution < -0.4 is 15.5 Å². The van der Waals surface area contributed by atoms with E-state index in [4.69, 9.17) is 15.0 Å². The zero-order chi connectivity index (χ0) is 25.4. The Hall–Kier alpha value is -3.00. The number of hydrogen-bond acceptors (Lipinski definition) is 8. The summed E-state index contributed by atoms with van der Waals surface area (Å²) in [4.78, 5) is 35.4. The number of nitriles is 1. The Labute approximate surface area is 216 Å². The van der Waals surface area contributed by atoms with Gasteiger partial charge in [0, 0.05) is 56.3 Å². The quantitative estimate of drug-likeness (QED) is 0.499. The first-order chi connectivity index (χ1) is 17.5. The van der Waals surface area contributed by atoms with Gasteiger partial charge >= 0.3 is 0 Å². The van der Waals surface area contributed by atoms with Crippen molar-refractivity contribution < 1.29 is 14.3 Å². The van der Waals surface area contributed by atoms with Gasteiger partial charge in [-0.1, -0.05) is 31.4 Å². The second kappa shape index (κ2) is 12.3. The number of benzene rings is 1. The fourth-order valence-corrected chi connectivity index (χ4v) is 5.75. The van der Waals surface area contributed by atoms with Crippen molar-refractivity contribution >= 4 is 28.3 Å². The summed E-state index contributed by atoms with van der Waals surface area (Å²) in [6.07, 6.45) is 3.94. The molecule has 1 aromatic carbocycles. The fraction of sp³-hybridized carbons (Fsp3) is 0.538. The SMILES string of the molecule is COCCN1CCN(c2nc(-c3ccc(C(=O)NC4(C(=O)NCC#N)CCCCC4)cc3)cs2)CC1. The highest BCUT2D eigenvalue weighted by molar-refractivity contribution is 7.14. The lowest BCUT2D eigenvalue weighted by molar-refractivity contribution is -0.128. The Balaban J connectivity index is 1.38. The maximum absolute atomic E-state index is 13.1. The molecule has 0 atom stereocenters. The smallest absolute Gasteiger partial charge is 0.252 e. The third-order valence-corrected chi connectivity index (χ3v) is 7.91. The molecule has 2 fully saturated rings. The number of carbonyl (C=O) groups is 2. The van der Waals surface area contributed by atoms with Gasteiger partial charge in [0.05, 0.1) is 18.4 Å². The van der Waals surface area contributed by atoms with Crippen LogP contribution in [-0.2, 0) is 9.53 Å². The van der Waals surface area contributed by atoms with Gasteiger partial charge in [0.15, 0.2) is 5.13 Å². The average molecular weight is 511 g/mol. The molecule has 1 saturated carbocycles. The molecular formula is C26H34N6O3S. The van der Waals surface area contributed by atoms with Gasteiger partial charge in [-0.3, -0.25) is 14.5 Å². The van der Waals surface area contributed by atoms with Crippen LogP contribution in [0.2, 0.25) is 0 Å². The highest BCUT2D eigenvalue weighted by atomic mass is 32.1. The first kappa shape index (κ1) is 26.1. The summed E-state index contributed by atoms with van der Waals surface area (Å²) < 4.78 is 5.18. The van der Waals surface area contributed by atoms with Crippen molar-refractivity contribution in [1.29, 1.82) is 5.26 Å². The van der Waals surface area contributed by atoms with Gasteiger partial charge in [0.2, 0.25) is 5.91 Å². The molecule has 36 heavy (non-hydrogen) atoms. The van der Waals surface area contributed by atoms with Crippen molar-refractivity contribution in [2.24, 2.45) is 0 Å². The molecule has 1 aromatic heterocycles. The van der Waals surface area contributed by atoms with Crippen LogP contribution in [0, 0.1) is 11.3 Å². The Morgan fingerprint density at radius 2 is 1.86 bits per heavy atom. The van der Waals surface area contributed by atoms with E-state index in [2.05, 4.69) is 25.8 Å². The Bertz CT molecular complexity index is 1070. The Kier molecular flexibility index (Phi) is 8.91. The fourth-order valence-electron chi connectivity index (χ4n) is 4.86. The zero-order valence-corrected chi connectivity index (χ0v) is 21.6. The summed E-state index contributed by atoms with van der Waals surface area (Å²) in [6, 6.07) is 9.30. The molecule has 0 spiro atoms. The molecule has 2 aromatic rings. The lowest BCUT2D eigenvalue weighted by atomic mass is 9.80. The number of hydrogen-bond donors (Lipinski definition) is 2. The van der Waals surface area contributed by atoms with E-state index in [-0.39, 0.29) is 18.4 Å². The van der Waals surface area contributed by atoms with Crippen molar-refractivity contribution in [3.63, 3.8) is 0 Å². The van der Waals surface area contributed by atoms with Crippen LogP contribution in [0.1, 0.15) is 42.5 Å². The number of nitrogens with zero attached hydrogens (tertiary/aromatic N) is 4. The van der Waals surface area contributed by atoms with E-state index in [1.165, 1.54) is 0 Å². The predicted molar refractivity (Wildman–Crippen MR) is 140 cm³/mol. The summed E-state index contributed by atoms with van der Waals surface area (Å²) >= 11 is 1.64. The molecule has 2 heterocycles. The molecule has 1 saturated heterocycles. The van der Waals surface area contributed by atoms with E-state index in [9.17, 15) is 9.59 Å². The summed E-state index contributed by atoms with van der Waals surface area (Å²) in [7, 11) is 1.73. The number of carbonyl (C=O) groups excluding carboxylic acids is 2. The maximum Gasteiger partial charge on any atom is 0.252 e. The van der Waals surface area contributed by atoms with Crippen LogP contribution in [0.4, 0.5) is 5.13 Å². The summed E-state index contributed by atoms with van der Waals surface area (Å²) in [6.45, 7) is 5.53. The van der Waals surface area contributed by atoms with Crippen LogP contribution in [0.25, 0.3) is 11.3 Å². The number of piperazine rings is 1. The number of amides is 2. The van der Waals surface area contributed by atoms with E-state index >= 15 is 0 Å². The molecule has 10 heteroatoms. The van der Waals surface area contributed by atoms with E-state index in [0.717, 1.165) is 75.0 Å². The minimum absolute atomic E-state index is 0.0652. The molecule has 0 unspecified atom stereocenters. The third-order valence-electron chi connectivity index (χ3n) is 7.01. The lowest BCUT2D eigenvalue weighted by Gasteiger charge is -2.36. The molecule has 2 aliphatic rings. The van der Waals surface area contributed by atoms with Crippen LogP contribution in [0.3, 0.4) is 0 Å². The van der Waals surface area contributed by atoms with Gasteiger partial charge in [0.1, 0.15) is 12.1 Å². The molecule has 0 bridgehead atoms. The van der Waals surface area contributed by atoms with E-state index < -0.39 is 5.54 Å². The van der Waals surface area contributed by atoms with Crippen molar-refractivity contribution in [3.05, 3.63) is 35.2 Å². The number of aromatic nitrogens is 1. The van der Waals surface area contributed by atoms with Crippen molar-refractivity contribution in [2.45, 2.75) is 37.6 Å². The number of ether oxygens (including phenoxy) is 1. The second-order valence-electron chi connectivity index (χ2n) is 9.35. The van der Waals surface area contributed by atoms with E-state index in [1.54, 1.807) is 30.6 Å². The van der Waals surface area contributed by atoms with Gasteiger partial charge in [-0.25, -0.2) is 4.98 Å². The largest absolute Gasteiger partial charge is 0.383 e. The van der Waals surface area contributed by atoms with E-state index in [0.29, 0.717) is 18.4 Å². The average Bonchev–Trinajstić information content (AvgIpc) is 3.42. The minimum Gasteiger partial charge on any atom is -0.383 e. The highest BCUT2D eigenvalue weighted by Crippen LogP contribution is 2.30. The minimum atomic E-state index is -0.956. The Morgan fingerprint density at radius 3 is 2.53 bits per heavy atom. The molecule has 1 aliphatic heterocycles. The monoisotopic (exact) mass is 510 g/mol. The van der Waals surface area contributed by atoms with Crippen LogP contribution in [0.15, 0.2) is 29.6 Å². The molecule has 9 nitrogen and oxygen atoms in total. The molecule has 0 radical (unpaired) electrons. The molecular weight excluding hydrogens is 476 g/mol. The van der Waals surface area contributed by atoms with Crippen molar-refractivity contribution in [3.8, 4) is 17.3 Å². The number of thiazole rings is 1. The third kappa shape index (κ3) is 6.22. The molecule has 2 N–H and O–H groups in total. The van der Waals surface area contributed by atoms with Gasteiger partial charge in [-0.05, 0) is 25.0 Å². The first-order valence-corrected chi connectivity index (χ1v) is 13.4. The van der Waals surface area contributed by atoms with Gasteiger partial charge in [-0.15, -0.1) is 11.3 Å². The highest BCUT2D eigenvalue weighted by Gasteiger charge is 2.40. The van der Waals surface area contributed by atoms with Gasteiger partial charge < -0.3 is 20.3 Å². The number of nitrogens with one attached hydrogen (secondary N) is 2. The van der Waals surface area contributed by atoms with Crippen LogP contribution in [-0.4, -0.2) is 80.2 Å². The van der Waals surface area contributed by atoms with Crippen molar-refractivity contribution in [1.82, 2.24) is 20.5 Å². The number of anilines is 1. The molecule has 2 amide bonds. The predicted octanol–water partition coefficient (Wildman–Crippen LogP) is 2.65. The molecule has 192 valence electrons. The second-order valence-corrected chi connectivity index (χ2v) is 10.2. The first-order valence-electron chi connectivity index (χ1n) is 12.5. The standard InChI is InChI=1S/C26H34N6O3S/c1-35-18-17-31-13-15-32(16-14-31)25-29-22(19-36-25)20-5-7-21(8-6-20)23(33)30-26(9-3-2-4-10-26)24(34)28-12-11-27/h5-8,19H,2-4,9-10,12-18H2,1H3,(H,28,34)(H,30,33). The topological polar surface area (TPSA) is 111 Å². The zero-order valence-electron chi connectivity index (χ0n) is 20.8. The van der Waals surface area contributed by atoms with Crippen molar-refractivity contribution in [2.75, 3.05) is 57.9 Å². The number of rotatable bonds is 9. The van der Waals surface area contributed by atoms with Crippen LogP contribution in [0.5, 0.6) is 0 Å². The summed E-state index contributed by atoms with van der Waals surface area (Å²) in [5.41, 5.74) is 1.39. The normalized spacial score (nSPS) is 17.8.